The van der Waals surface area contributed by atoms with Crippen LogP contribution in [0.5, 0.6) is 5.75 Å². The molecule has 0 saturated carbocycles. The summed E-state index contributed by atoms with van der Waals surface area (Å²) in [5.74, 6) is 0.0829. The molecule has 0 aliphatic rings. The fraction of sp³-hybridized carbons (Fsp3) is 0. The predicted molar refractivity (Wildman–Crippen MR) is 105 cm³/mol. The van der Waals surface area contributed by atoms with Crippen LogP contribution >= 0.6 is 0 Å². The highest BCUT2D eigenvalue weighted by Crippen LogP contribution is 2.42. The minimum absolute atomic E-state index is 0.0829. The van der Waals surface area contributed by atoms with E-state index in [1.54, 1.807) is 6.07 Å². The predicted octanol–water partition coefficient (Wildman–Crippen LogP) is 5.60. The summed E-state index contributed by atoms with van der Waals surface area (Å²) in [6.07, 6.45) is 0. The SMILES string of the molecule is Nc1cccc(N(c2ccccc2)c2ccc3ccccc3c2)c1O. The lowest BCUT2D eigenvalue weighted by atomic mass is 10.1. The first-order valence-electron chi connectivity index (χ1n) is 8.15. The molecule has 0 aromatic heterocycles. The van der Waals surface area contributed by atoms with Gasteiger partial charge in [0.25, 0.3) is 0 Å². The molecule has 3 heteroatoms. The highest BCUT2D eigenvalue weighted by Gasteiger charge is 2.17. The molecule has 122 valence electrons. The third-order valence-corrected chi connectivity index (χ3v) is 4.29. The van der Waals surface area contributed by atoms with Crippen LogP contribution in [-0.2, 0) is 0 Å². The smallest absolute Gasteiger partial charge is 0.162 e. The molecule has 0 aliphatic carbocycles. The van der Waals surface area contributed by atoms with Crippen LogP contribution in [0.4, 0.5) is 22.7 Å². The van der Waals surface area contributed by atoms with E-state index in [9.17, 15) is 5.11 Å². The molecule has 0 heterocycles. The third-order valence-electron chi connectivity index (χ3n) is 4.29. The topological polar surface area (TPSA) is 49.5 Å². The van der Waals surface area contributed by atoms with Crippen molar-refractivity contribution in [3.8, 4) is 5.75 Å². The second kappa shape index (κ2) is 6.21. The number of hydrogen-bond acceptors (Lipinski definition) is 3. The van der Waals surface area contributed by atoms with E-state index in [0.29, 0.717) is 11.4 Å². The van der Waals surface area contributed by atoms with E-state index < -0.39 is 0 Å². The molecule has 0 radical (unpaired) electrons. The molecule has 4 rings (SSSR count). The van der Waals surface area contributed by atoms with Gasteiger partial charge in [0.05, 0.1) is 11.4 Å². The fourth-order valence-electron chi connectivity index (χ4n) is 3.05. The molecule has 0 aliphatic heterocycles. The Hall–Kier alpha value is -3.46. The zero-order valence-electron chi connectivity index (χ0n) is 13.6. The summed E-state index contributed by atoms with van der Waals surface area (Å²) >= 11 is 0. The standard InChI is InChI=1S/C22H18N2O/c23-20-11-6-12-21(22(20)25)24(18-9-2-1-3-10-18)19-14-13-16-7-4-5-8-17(16)15-19/h1-15,25H,23H2. The minimum atomic E-state index is 0.0829. The van der Waals surface area contributed by atoms with E-state index in [-0.39, 0.29) is 5.75 Å². The largest absolute Gasteiger partial charge is 0.504 e. The Bertz CT molecular complexity index is 1030. The molecular formula is C22H18N2O. The number of rotatable bonds is 3. The number of nitrogens with zero attached hydrogens (tertiary/aromatic N) is 1. The molecule has 4 aromatic carbocycles. The number of hydrogen-bond donors (Lipinski definition) is 2. The van der Waals surface area contributed by atoms with Crippen molar-refractivity contribution in [2.24, 2.45) is 0 Å². The van der Waals surface area contributed by atoms with Crippen molar-refractivity contribution in [1.82, 2.24) is 0 Å². The molecule has 0 saturated heterocycles. The van der Waals surface area contributed by atoms with E-state index >= 15 is 0 Å². The quantitative estimate of drug-likeness (QED) is 0.381. The van der Waals surface area contributed by atoms with Gasteiger partial charge >= 0.3 is 0 Å². The van der Waals surface area contributed by atoms with Crippen molar-refractivity contribution >= 4 is 33.5 Å². The number of nitrogen functional groups attached to an aromatic ring is 1. The minimum Gasteiger partial charge on any atom is -0.504 e. The Morgan fingerprint density at radius 1 is 0.640 bits per heavy atom. The van der Waals surface area contributed by atoms with Gasteiger partial charge in [0.15, 0.2) is 5.75 Å². The average molecular weight is 326 g/mol. The molecule has 3 N–H and O–H groups in total. The summed E-state index contributed by atoms with van der Waals surface area (Å²) in [5, 5.41) is 12.9. The van der Waals surface area contributed by atoms with Gasteiger partial charge in [-0.1, -0.05) is 54.6 Å². The van der Waals surface area contributed by atoms with Crippen LogP contribution in [0.3, 0.4) is 0 Å². The van der Waals surface area contributed by atoms with Crippen LogP contribution in [0.15, 0.2) is 91.0 Å². The van der Waals surface area contributed by atoms with Gasteiger partial charge in [-0.15, -0.1) is 0 Å². The van der Waals surface area contributed by atoms with E-state index in [1.807, 2.05) is 59.5 Å². The average Bonchev–Trinajstić information content (AvgIpc) is 2.66. The first-order valence-corrected chi connectivity index (χ1v) is 8.15. The Balaban J connectivity index is 1.95. The summed E-state index contributed by atoms with van der Waals surface area (Å²) in [5.41, 5.74) is 8.86. The lowest BCUT2D eigenvalue weighted by Gasteiger charge is -2.26. The number of fused-ring (bicyclic) bond motifs is 1. The van der Waals surface area contributed by atoms with Crippen LogP contribution in [0.2, 0.25) is 0 Å². The Morgan fingerprint density at radius 3 is 2.16 bits per heavy atom. The number of nitrogens with two attached hydrogens (primary N) is 1. The molecule has 4 aromatic rings. The summed E-state index contributed by atoms with van der Waals surface area (Å²) in [6, 6.07) is 29.9. The molecule has 0 unspecified atom stereocenters. The van der Waals surface area contributed by atoms with Crippen molar-refractivity contribution in [3.05, 3.63) is 91.0 Å². The zero-order valence-corrected chi connectivity index (χ0v) is 13.6. The van der Waals surface area contributed by atoms with E-state index in [2.05, 4.69) is 30.3 Å². The molecule has 0 bridgehead atoms. The number of aromatic hydroxyl groups is 1. The molecular weight excluding hydrogens is 308 g/mol. The van der Waals surface area contributed by atoms with Crippen molar-refractivity contribution in [2.75, 3.05) is 10.6 Å². The number of phenolic OH excluding ortho intramolecular Hbond substituents is 1. The monoisotopic (exact) mass is 326 g/mol. The van der Waals surface area contributed by atoms with Crippen LogP contribution < -0.4 is 10.6 Å². The second-order valence-corrected chi connectivity index (χ2v) is 5.92. The van der Waals surface area contributed by atoms with E-state index in [1.165, 1.54) is 5.39 Å². The molecule has 25 heavy (non-hydrogen) atoms. The van der Waals surface area contributed by atoms with Crippen molar-refractivity contribution in [3.63, 3.8) is 0 Å². The highest BCUT2D eigenvalue weighted by atomic mass is 16.3. The summed E-state index contributed by atoms with van der Waals surface area (Å²) < 4.78 is 0. The van der Waals surface area contributed by atoms with Gasteiger partial charge < -0.3 is 15.7 Å². The Morgan fingerprint density at radius 2 is 1.36 bits per heavy atom. The number of para-hydroxylation sites is 2. The maximum Gasteiger partial charge on any atom is 0.162 e. The maximum absolute atomic E-state index is 10.5. The molecule has 0 amide bonds. The molecule has 0 fully saturated rings. The molecule has 3 nitrogen and oxygen atoms in total. The fourth-order valence-corrected chi connectivity index (χ4v) is 3.05. The lowest BCUT2D eigenvalue weighted by Crippen LogP contribution is -2.10. The van der Waals surface area contributed by atoms with Crippen LogP contribution in [0.25, 0.3) is 10.8 Å². The maximum atomic E-state index is 10.5. The number of anilines is 4. The van der Waals surface area contributed by atoms with Crippen molar-refractivity contribution in [2.45, 2.75) is 0 Å². The van der Waals surface area contributed by atoms with Crippen molar-refractivity contribution < 1.29 is 5.11 Å². The highest BCUT2D eigenvalue weighted by molar-refractivity contribution is 5.90. The second-order valence-electron chi connectivity index (χ2n) is 5.92. The van der Waals surface area contributed by atoms with Gasteiger partial charge in [0, 0.05) is 11.4 Å². The van der Waals surface area contributed by atoms with Gasteiger partial charge in [-0.05, 0) is 47.2 Å². The van der Waals surface area contributed by atoms with Gasteiger partial charge in [0.1, 0.15) is 0 Å². The number of phenols is 1. The summed E-state index contributed by atoms with van der Waals surface area (Å²) in [7, 11) is 0. The van der Waals surface area contributed by atoms with Crippen molar-refractivity contribution in [1.29, 1.82) is 0 Å². The van der Waals surface area contributed by atoms with Gasteiger partial charge in [-0.3, -0.25) is 0 Å². The molecule has 0 spiro atoms. The van der Waals surface area contributed by atoms with Crippen LogP contribution in [0, 0.1) is 0 Å². The van der Waals surface area contributed by atoms with Crippen LogP contribution in [-0.4, -0.2) is 5.11 Å². The summed E-state index contributed by atoms with van der Waals surface area (Å²) in [6.45, 7) is 0. The van der Waals surface area contributed by atoms with E-state index in [0.717, 1.165) is 16.8 Å². The zero-order chi connectivity index (χ0) is 17.2. The lowest BCUT2D eigenvalue weighted by molar-refractivity contribution is 0.479. The van der Waals surface area contributed by atoms with Crippen LogP contribution in [0.1, 0.15) is 0 Å². The molecule has 0 atom stereocenters. The normalized spacial score (nSPS) is 10.7. The van der Waals surface area contributed by atoms with Gasteiger partial charge in [-0.2, -0.15) is 0 Å². The Labute approximate surface area is 146 Å². The first-order chi connectivity index (χ1) is 12.2. The Kier molecular flexibility index (Phi) is 3.75. The van der Waals surface area contributed by atoms with Gasteiger partial charge in [0.2, 0.25) is 0 Å². The first kappa shape index (κ1) is 15.1. The van der Waals surface area contributed by atoms with Gasteiger partial charge in [-0.25, -0.2) is 0 Å². The number of benzene rings is 4. The third kappa shape index (κ3) is 2.76. The summed E-state index contributed by atoms with van der Waals surface area (Å²) in [4.78, 5) is 2.01. The van der Waals surface area contributed by atoms with E-state index in [4.69, 9.17) is 5.73 Å².